The highest BCUT2D eigenvalue weighted by atomic mass is 35.5. The second-order valence-corrected chi connectivity index (χ2v) is 5.33. The molecule has 122 valence electrons. The quantitative estimate of drug-likeness (QED) is 0.816. The van der Waals surface area contributed by atoms with Crippen LogP contribution in [-0.2, 0) is 24.9 Å². The van der Waals surface area contributed by atoms with E-state index in [2.05, 4.69) is 29.6 Å². The molecular weight excluding hydrogens is 304 g/mol. The number of amides is 1. The summed E-state index contributed by atoms with van der Waals surface area (Å²) in [5, 5.41) is 10.4. The Morgan fingerprint density at radius 2 is 2.18 bits per heavy atom. The molecule has 2 N–H and O–H groups in total. The SMILES string of the molecule is CC(C)c1nn(C)cc1CNCC(=O)NCc1ccco1.Cl. The standard InChI is InChI=1S/C15H22N4O2.ClH/c1-11(2)15-12(10-19(3)18-15)7-16-9-14(20)17-8-13-5-4-6-21-13;/h4-6,10-11,16H,7-9H2,1-3H3,(H,17,20);1H. The Morgan fingerprint density at radius 1 is 1.41 bits per heavy atom. The zero-order valence-electron chi connectivity index (χ0n) is 13.1. The summed E-state index contributed by atoms with van der Waals surface area (Å²) < 4.78 is 6.97. The number of nitrogens with one attached hydrogen (secondary N) is 2. The van der Waals surface area contributed by atoms with Crippen molar-refractivity contribution >= 4 is 18.3 Å². The van der Waals surface area contributed by atoms with E-state index in [0.29, 0.717) is 19.0 Å². The molecule has 0 bridgehead atoms. The first kappa shape index (κ1) is 18.3. The van der Waals surface area contributed by atoms with E-state index in [0.717, 1.165) is 17.0 Å². The lowest BCUT2D eigenvalue weighted by Gasteiger charge is -2.07. The highest BCUT2D eigenvalue weighted by Crippen LogP contribution is 2.16. The molecule has 2 aromatic heterocycles. The third-order valence-corrected chi connectivity index (χ3v) is 3.12. The van der Waals surface area contributed by atoms with E-state index in [9.17, 15) is 4.79 Å². The van der Waals surface area contributed by atoms with E-state index in [-0.39, 0.29) is 24.9 Å². The van der Waals surface area contributed by atoms with Crippen LogP contribution in [0.1, 0.15) is 36.8 Å². The first-order chi connectivity index (χ1) is 10.1. The minimum atomic E-state index is -0.0543. The predicted octanol–water partition coefficient (Wildman–Crippen LogP) is 1.96. The molecule has 0 aromatic carbocycles. The van der Waals surface area contributed by atoms with Gasteiger partial charge in [-0.3, -0.25) is 9.48 Å². The predicted molar refractivity (Wildman–Crippen MR) is 86.8 cm³/mol. The molecule has 2 heterocycles. The Morgan fingerprint density at radius 3 is 2.82 bits per heavy atom. The molecular formula is C15H23ClN4O2. The fourth-order valence-corrected chi connectivity index (χ4v) is 2.15. The average molecular weight is 327 g/mol. The van der Waals surface area contributed by atoms with Crippen molar-refractivity contribution in [1.29, 1.82) is 0 Å². The van der Waals surface area contributed by atoms with Crippen molar-refractivity contribution in [3.8, 4) is 0 Å². The summed E-state index contributed by atoms with van der Waals surface area (Å²) in [5.74, 6) is 1.06. The molecule has 7 heteroatoms. The normalized spacial score (nSPS) is 10.5. The van der Waals surface area contributed by atoms with E-state index in [1.807, 2.05) is 24.0 Å². The van der Waals surface area contributed by atoms with Gasteiger partial charge in [0.2, 0.25) is 5.91 Å². The molecule has 0 saturated carbocycles. The molecule has 1 amide bonds. The van der Waals surface area contributed by atoms with Gasteiger partial charge in [0.05, 0.1) is 25.0 Å². The molecule has 0 unspecified atom stereocenters. The van der Waals surface area contributed by atoms with E-state index in [4.69, 9.17) is 4.42 Å². The maximum absolute atomic E-state index is 11.7. The largest absolute Gasteiger partial charge is 0.467 e. The van der Waals surface area contributed by atoms with Crippen molar-refractivity contribution in [2.24, 2.45) is 7.05 Å². The lowest BCUT2D eigenvalue weighted by atomic mass is 10.1. The third kappa shape index (κ3) is 5.20. The number of carbonyl (C=O) groups excluding carboxylic acids is 1. The monoisotopic (exact) mass is 326 g/mol. The van der Waals surface area contributed by atoms with Gasteiger partial charge < -0.3 is 15.1 Å². The van der Waals surface area contributed by atoms with Crippen LogP contribution in [0.3, 0.4) is 0 Å². The molecule has 0 atom stereocenters. The summed E-state index contributed by atoms with van der Waals surface area (Å²) in [6.07, 6.45) is 3.58. The van der Waals surface area contributed by atoms with Crippen LogP contribution in [-0.4, -0.2) is 22.2 Å². The summed E-state index contributed by atoms with van der Waals surface area (Å²) >= 11 is 0. The van der Waals surface area contributed by atoms with Crippen molar-refractivity contribution < 1.29 is 9.21 Å². The van der Waals surface area contributed by atoms with Crippen LogP contribution in [0.15, 0.2) is 29.0 Å². The number of nitrogens with zero attached hydrogens (tertiary/aromatic N) is 2. The number of furan rings is 1. The van der Waals surface area contributed by atoms with Crippen LogP contribution in [0.5, 0.6) is 0 Å². The van der Waals surface area contributed by atoms with Crippen molar-refractivity contribution in [2.75, 3.05) is 6.54 Å². The van der Waals surface area contributed by atoms with E-state index in [1.165, 1.54) is 0 Å². The van der Waals surface area contributed by atoms with Gasteiger partial charge in [-0.05, 0) is 18.1 Å². The van der Waals surface area contributed by atoms with Crippen LogP contribution < -0.4 is 10.6 Å². The summed E-state index contributed by atoms with van der Waals surface area (Å²) in [6.45, 7) is 5.55. The zero-order chi connectivity index (χ0) is 15.2. The lowest BCUT2D eigenvalue weighted by molar-refractivity contribution is -0.120. The van der Waals surface area contributed by atoms with Crippen LogP contribution in [0.2, 0.25) is 0 Å². The minimum Gasteiger partial charge on any atom is -0.467 e. The van der Waals surface area contributed by atoms with E-state index < -0.39 is 0 Å². The number of aromatic nitrogens is 2. The second kappa shape index (κ2) is 8.60. The molecule has 0 radical (unpaired) electrons. The summed E-state index contributed by atoms with van der Waals surface area (Å²) in [6, 6.07) is 3.63. The van der Waals surface area contributed by atoms with Crippen LogP contribution >= 0.6 is 12.4 Å². The first-order valence-corrected chi connectivity index (χ1v) is 7.08. The van der Waals surface area contributed by atoms with E-state index in [1.54, 1.807) is 12.3 Å². The van der Waals surface area contributed by atoms with Crippen molar-refractivity contribution in [3.63, 3.8) is 0 Å². The number of hydrogen-bond acceptors (Lipinski definition) is 4. The maximum Gasteiger partial charge on any atom is 0.234 e. The van der Waals surface area contributed by atoms with Gasteiger partial charge in [-0.15, -0.1) is 12.4 Å². The van der Waals surface area contributed by atoms with Crippen LogP contribution in [0, 0.1) is 0 Å². The Hall–Kier alpha value is -1.79. The molecule has 2 rings (SSSR count). The third-order valence-electron chi connectivity index (χ3n) is 3.12. The molecule has 0 spiro atoms. The Balaban J connectivity index is 0.00000242. The zero-order valence-corrected chi connectivity index (χ0v) is 13.9. The number of carbonyl (C=O) groups is 1. The second-order valence-electron chi connectivity index (χ2n) is 5.33. The minimum absolute atomic E-state index is 0. The highest BCUT2D eigenvalue weighted by Gasteiger charge is 2.11. The van der Waals surface area contributed by atoms with Gasteiger partial charge in [0.25, 0.3) is 0 Å². The van der Waals surface area contributed by atoms with Gasteiger partial charge >= 0.3 is 0 Å². The van der Waals surface area contributed by atoms with Crippen molar-refractivity contribution in [2.45, 2.75) is 32.9 Å². The van der Waals surface area contributed by atoms with Crippen LogP contribution in [0.4, 0.5) is 0 Å². The Bertz CT molecular complexity index is 578. The average Bonchev–Trinajstić information content (AvgIpc) is 3.06. The molecule has 22 heavy (non-hydrogen) atoms. The summed E-state index contributed by atoms with van der Waals surface area (Å²) in [7, 11) is 1.91. The molecule has 2 aromatic rings. The molecule has 0 aliphatic heterocycles. The smallest absolute Gasteiger partial charge is 0.234 e. The van der Waals surface area contributed by atoms with Gasteiger partial charge in [-0.2, -0.15) is 5.10 Å². The molecule has 6 nitrogen and oxygen atoms in total. The van der Waals surface area contributed by atoms with Crippen molar-refractivity contribution in [3.05, 3.63) is 41.6 Å². The molecule has 0 saturated heterocycles. The topological polar surface area (TPSA) is 72.1 Å². The fraction of sp³-hybridized carbons (Fsp3) is 0.467. The van der Waals surface area contributed by atoms with Gasteiger partial charge in [-0.25, -0.2) is 0 Å². The van der Waals surface area contributed by atoms with Gasteiger partial charge in [-0.1, -0.05) is 13.8 Å². The molecule has 0 aliphatic rings. The molecule has 0 fully saturated rings. The number of aryl methyl sites for hydroxylation is 1. The van der Waals surface area contributed by atoms with E-state index >= 15 is 0 Å². The lowest BCUT2D eigenvalue weighted by Crippen LogP contribution is -2.33. The Kier molecular flexibility index (Phi) is 7.14. The molecule has 0 aliphatic carbocycles. The first-order valence-electron chi connectivity index (χ1n) is 7.08. The van der Waals surface area contributed by atoms with Crippen LogP contribution in [0.25, 0.3) is 0 Å². The highest BCUT2D eigenvalue weighted by molar-refractivity contribution is 5.85. The number of hydrogen-bond donors (Lipinski definition) is 2. The van der Waals surface area contributed by atoms with Gasteiger partial charge in [0, 0.05) is 25.4 Å². The van der Waals surface area contributed by atoms with Gasteiger partial charge in [0.1, 0.15) is 5.76 Å². The number of halogens is 1. The van der Waals surface area contributed by atoms with Gasteiger partial charge in [0.15, 0.2) is 0 Å². The Labute approximate surface area is 136 Å². The summed E-state index contributed by atoms with van der Waals surface area (Å²) in [4.78, 5) is 11.7. The van der Waals surface area contributed by atoms with Crippen molar-refractivity contribution in [1.82, 2.24) is 20.4 Å². The maximum atomic E-state index is 11.7. The summed E-state index contributed by atoms with van der Waals surface area (Å²) in [5.41, 5.74) is 2.20. The fourth-order valence-electron chi connectivity index (χ4n) is 2.15. The number of rotatable bonds is 7.